The predicted molar refractivity (Wildman–Crippen MR) is 66.6 cm³/mol. The summed E-state index contributed by atoms with van der Waals surface area (Å²) in [6.45, 7) is 2.31. The monoisotopic (exact) mass is 260 g/mol. The Bertz CT molecular complexity index is 396. The maximum atomic E-state index is 11.0. The standard InChI is InChI=1S/C11H14Cl2N2O/c1-7(11(14)16)15(2)6-8-3-4-9(12)5-10(8)13/h3-5,7H,6H2,1-2H3,(H2,14,16)/t7-/m0/s1. The minimum atomic E-state index is -0.354. The first-order valence-electron chi connectivity index (χ1n) is 4.85. The molecule has 5 heteroatoms. The van der Waals surface area contributed by atoms with Gasteiger partial charge in [0.2, 0.25) is 5.91 Å². The lowest BCUT2D eigenvalue weighted by Gasteiger charge is -2.22. The van der Waals surface area contributed by atoms with Gasteiger partial charge in [0.05, 0.1) is 6.04 Å². The lowest BCUT2D eigenvalue weighted by molar-refractivity contribution is -0.122. The Balaban J connectivity index is 2.77. The first kappa shape index (κ1) is 13.3. The van der Waals surface area contributed by atoms with E-state index in [1.165, 1.54) is 0 Å². The highest BCUT2D eigenvalue weighted by Gasteiger charge is 2.15. The molecule has 0 unspecified atom stereocenters. The largest absolute Gasteiger partial charge is 0.368 e. The van der Waals surface area contributed by atoms with Crippen molar-refractivity contribution >= 4 is 29.1 Å². The molecule has 0 aromatic heterocycles. The van der Waals surface area contributed by atoms with E-state index in [9.17, 15) is 4.79 Å². The average Bonchev–Trinajstić information content (AvgIpc) is 2.20. The topological polar surface area (TPSA) is 46.3 Å². The molecule has 16 heavy (non-hydrogen) atoms. The van der Waals surface area contributed by atoms with Gasteiger partial charge in [-0.2, -0.15) is 0 Å². The third-order valence-electron chi connectivity index (χ3n) is 2.51. The number of carbonyl (C=O) groups excluding carboxylic acids is 1. The maximum Gasteiger partial charge on any atom is 0.234 e. The summed E-state index contributed by atoms with van der Waals surface area (Å²) >= 11 is 11.8. The van der Waals surface area contributed by atoms with Gasteiger partial charge in [-0.1, -0.05) is 29.3 Å². The van der Waals surface area contributed by atoms with Crippen LogP contribution in [0.4, 0.5) is 0 Å². The van der Waals surface area contributed by atoms with E-state index in [0.29, 0.717) is 16.6 Å². The van der Waals surface area contributed by atoms with Gasteiger partial charge in [-0.05, 0) is 31.7 Å². The third kappa shape index (κ3) is 3.37. The zero-order valence-corrected chi connectivity index (χ0v) is 10.7. The fraction of sp³-hybridized carbons (Fsp3) is 0.364. The van der Waals surface area contributed by atoms with Crippen LogP contribution in [0.25, 0.3) is 0 Å². The number of carbonyl (C=O) groups is 1. The molecule has 88 valence electrons. The number of amides is 1. The molecule has 0 aliphatic rings. The number of nitrogens with two attached hydrogens (primary N) is 1. The van der Waals surface area contributed by atoms with E-state index in [0.717, 1.165) is 5.56 Å². The SMILES string of the molecule is C[C@@H](C(N)=O)N(C)Cc1ccc(Cl)cc1Cl. The van der Waals surface area contributed by atoms with Crippen molar-refractivity contribution in [2.24, 2.45) is 5.73 Å². The molecule has 0 aliphatic carbocycles. The van der Waals surface area contributed by atoms with E-state index in [-0.39, 0.29) is 11.9 Å². The number of halogens is 2. The Kier molecular flexibility index (Phi) is 4.59. The van der Waals surface area contributed by atoms with Crippen LogP contribution in [-0.4, -0.2) is 23.9 Å². The molecule has 1 aromatic carbocycles. The molecule has 0 saturated carbocycles. The van der Waals surface area contributed by atoms with Crippen molar-refractivity contribution in [1.82, 2.24) is 4.90 Å². The number of nitrogens with zero attached hydrogens (tertiary/aromatic N) is 1. The molecule has 1 amide bonds. The number of hydrogen-bond donors (Lipinski definition) is 1. The molecule has 0 spiro atoms. The van der Waals surface area contributed by atoms with Gasteiger partial charge in [0.25, 0.3) is 0 Å². The molecule has 0 saturated heterocycles. The number of rotatable bonds is 4. The van der Waals surface area contributed by atoms with Crippen molar-refractivity contribution < 1.29 is 4.79 Å². The molecule has 1 atom stereocenters. The molecule has 2 N–H and O–H groups in total. The summed E-state index contributed by atoms with van der Waals surface area (Å²) in [5, 5.41) is 1.19. The molecular weight excluding hydrogens is 247 g/mol. The predicted octanol–water partition coefficient (Wildman–Crippen LogP) is 2.30. The number of hydrogen-bond acceptors (Lipinski definition) is 2. The van der Waals surface area contributed by atoms with Crippen LogP contribution in [0.5, 0.6) is 0 Å². The lowest BCUT2D eigenvalue weighted by atomic mass is 10.2. The van der Waals surface area contributed by atoms with Crippen LogP contribution in [0.3, 0.4) is 0 Å². The molecule has 3 nitrogen and oxygen atoms in total. The molecule has 0 heterocycles. The third-order valence-corrected chi connectivity index (χ3v) is 3.09. The summed E-state index contributed by atoms with van der Waals surface area (Å²) in [7, 11) is 1.82. The van der Waals surface area contributed by atoms with E-state index in [4.69, 9.17) is 28.9 Å². The molecule has 1 rings (SSSR count). The summed E-state index contributed by atoms with van der Waals surface area (Å²) in [6, 6.07) is 4.97. The Morgan fingerprint density at radius 3 is 2.62 bits per heavy atom. The van der Waals surface area contributed by atoms with Crippen molar-refractivity contribution in [1.29, 1.82) is 0 Å². The van der Waals surface area contributed by atoms with Gasteiger partial charge in [0, 0.05) is 16.6 Å². The number of benzene rings is 1. The average molecular weight is 261 g/mol. The molecule has 0 fully saturated rings. The van der Waals surface area contributed by atoms with Crippen LogP contribution in [0, 0.1) is 0 Å². The summed E-state index contributed by atoms with van der Waals surface area (Å²) in [5.41, 5.74) is 6.14. The minimum absolute atomic E-state index is 0.327. The first-order valence-corrected chi connectivity index (χ1v) is 5.61. The molecule has 1 aromatic rings. The summed E-state index contributed by atoms with van der Waals surface area (Å²) in [6.07, 6.45) is 0. The summed E-state index contributed by atoms with van der Waals surface area (Å²) in [5.74, 6) is -0.354. The van der Waals surface area contributed by atoms with Gasteiger partial charge in [-0.15, -0.1) is 0 Å². The van der Waals surface area contributed by atoms with Gasteiger partial charge in [0.1, 0.15) is 0 Å². The zero-order valence-electron chi connectivity index (χ0n) is 9.21. The second kappa shape index (κ2) is 5.53. The van der Waals surface area contributed by atoms with Crippen LogP contribution in [-0.2, 0) is 11.3 Å². The van der Waals surface area contributed by atoms with Crippen molar-refractivity contribution in [3.05, 3.63) is 33.8 Å². The number of primary amides is 1. The van der Waals surface area contributed by atoms with Crippen LogP contribution >= 0.6 is 23.2 Å². The van der Waals surface area contributed by atoms with Crippen molar-refractivity contribution in [2.45, 2.75) is 19.5 Å². The van der Waals surface area contributed by atoms with E-state index in [1.54, 1.807) is 19.1 Å². The Hall–Kier alpha value is -0.770. The second-order valence-corrected chi connectivity index (χ2v) is 4.57. The van der Waals surface area contributed by atoms with Gasteiger partial charge < -0.3 is 5.73 Å². The maximum absolute atomic E-state index is 11.0. The van der Waals surface area contributed by atoms with Gasteiger partial charge >= 0.3 is 0 Å². The minimum Gasteiger partial charge on any atom is -0.368 e. The highest BCUT2D eigenvalue weighted by molar-refractivity contribution is 6.35. The quantitative estimate of drug-likeness (QED) is 0.903. The molecular formula is C11H14Cl2N2O. The normalized spacial score (nSPS) is 12.8. The molecule has 0 radical (unpaired) electrons. The zero-order chi connectivity index (χ0) is 12.3. The summed E-state index contributed by atoms with van der Waals surface area (Å²) in [4.78, 5) is 12.8. The van der Waals surface area contributed by atoms with Crippen LogP contribution < -0.4 is 5.73 Å². The van der Waals surface area contributed by atoms with E-state index >= 15 is 0 Å². The van der Waals surface area contributed by atoms with Crippen LogP contribution in [0.1, 0.15) is 12.5 Å². The van der Waals surface area contributed by atoms with Crippen molar-refractivity contribution in [2.75, 3.05) is 7.05 Å². The van der Waals surface area contributed by atoms with Crippen LogP contribution in [0.15, 0.2) is 18.2 Å². The second-order valence-electron chi connectivity index (χ2n) is 3.73. The fourth-order valence-electron chi connectivity index (χ4n) is 1.27. The fourth-order valence-corrected chi connectivity index (χ4v) is 1.74. The van der Waals surface area contributed by atoms with Crippen molar-refractivity contribution in [3.8, 4) is 0 Å². The van der Waals surface area contributed by atoms with Gasteiger partial charge in [-0.25, -0.2) is 0 Å². The molecule has 0 aliphatic heterocycles. The highest BCUT2D eigenvalue weighted by Crippen LogP contribution is 2.22. The van der Waals surface area contributed by atoms with Gasteiger partial charge in [0.15, 0.2) is 0 Å². The number of likely N-dealkylation sites (N-methyl/N-ethyl adjacent to an activating group) is 1. The van der Waals surface area contributed by atoms with E-state index < -0.39 is 0 Å². The van der Waals surface area contributed by atoms with Gasteiger partial charge in [-0.3, -0.25) is 9.69 Å². The van der Waals surface area contributed by atoms with E-state index in [2.05, 4.69) is 0 Å². The van der Waals surface area contributed by atoms with Crippen LogP contribution in [0.2, 0.25) is 10.0 Å². The smallest absolute Gasteiger partial charge is 0.234 e. The Morgan fingerprint density at radius 1 is 1.50 bits per heavy atom. The first-order chi connectivity index (χ1) is 7.41. The Labute approximate surface area is 105 Å². The summed E-state index contributed by atoms with van der Waals surface area (Å²) < 4.78 is 0. The lowest BCUT2D eigenvalue weighted by Crippen LogP contribution is -2.39. The Morgan fingerprint density at radius 2 is 2.12 bits per heavy atom. The van der Waals surface area contributed by atoms with E-state index in [1.807, 2.05) is 18.0 Å². The van der Waals surface area contributed by atoms with Crippen molar-refractivity contribution in [3.63, 3.8) is 0 Å². The molecule has 0 bridgehead atoms. The highest BCUT2D eigenvalue weighted by atomic mass is 35.5.